The minimum Gasteiger partial charge on any atom is -0.324 e. The Bertz CT molecular complexity index is 514. The molecule has 0 aromatic heterocycles. The molecule has 1 rings (SSSR count). The van der Waals surface area contributed by atoms with Crippen LogP contribution in [0.25, 0.3) is 0 Å². The molecule has 0 amide bonds. The number of benzene rings is 1. The molecule has 0 aliphatic rings. The number of hydrogen-bond donors (Lipinski definition) is 3. The van der Waals surface area contributed by atoms with Crippen LogP contribution in [0.1, 0.15) is 37.8 Å². The lowest BCUT2D eigenvalue weighted by Crippen LogP contribution is -2.34. The van der Waals surface area contributed by atoms with Crippen molar-refractivity contribution in [3.63, 3.8) is 0 Å². The second kappa shape index (κ2) is 6.36. The second-order valence-electron chi connectivity index (χ2n) is 4.72. The number of aryl methyl sites for hydroxylation is 2. The molecule has 0 saturated carbocycles. The van der Waals surface area contributed by atoms with Gasteiger partial charge in [0.15, 0.2) is 0 Å². The average molecular weight is 285 g/mol. The average Bonchev–Trinajstić information content (AvgIpc) is 2.34. The Morgan fingerprint density at radius 2 is 1.63 bits per heavy atom. The van der Waals surface area contributed by atoms with Crippen LogP contribution in [-0.4, -0.2) is 14.5 Å². The maximum absolute atomic E-state index is 12.4. The van der Waals surface area contributed by atoms with Gasteiger partial charge in [0.2, 0.25) is 10.0 Å². The van der Waals surface area contributed by atoms with Crippen molar-refractivity contribution < 1.29 is 8.42 Å². The lowest BCUT2D eigenvalue weighted by molar-refractivity contribution is 0.529. The van der Waals surface area contributed by atoms with E-state index in [1.54, 1.807) is 26.0 Å². The van der Waals surface area contributed by atoms with E-state index in [1.807, 2.05) is 13.8 Å². The highest BCUT2D eigenvalue weighted by atomic mass is 32.2. The molecular formula is C13H23N3O2S. The molecule has 0 aliphatic heterocycles. The van der Waals surface area contributed by atoms with Crippen LogP contribution in [-0.2, 0) is 10.0 Å². The van der Waals surface area contributed by atoms with E-state index in [-0.39, 0.29) is 6.04 Å². The van der Waals surface area contributed by atoms with Crippen LogP contribution in [0.5, 0.6) is 0 Å². The van der Waals surface area contributed by atoms with Crippen molar-refractivity contribution in [1.29, 1.82) is 0 Å². The van der Waals surface area contributed by atoms with E-state index in [2.05, 4.69) is 10.1 Å². The van der Waals surface area contributed by atoms with Gasteiger partial charge in [-0.3, -0.25) is 5.84 Å². The quantitative estimate of drug-likeness (QED) is 0.552. The van der Waals surface area contributed by atoms with Gasteiger partial charge in [0.05, 0.1) is 4.90 Å². The number of sulfonamides is 1. The largest absolute Gasteiger partial charge is 0.324 e. The molecule has 108 valence electrons. The van der Waals surface area contributed by atoms with E-state index < -0.39 is 10.0 Å². The molecule has 0 unspecified atom stereocenters. The fraction of sp³-hybridized carbons (Fsp3) is 0.538. The molecule has 0 spiro atoms. The third kappa shape index (κ3) is 3.68. The molecule has 0 fully saturated rings. The summed E-state index contributed by atoms with van der Waals surface area (Å²) in [6.07, 6.45) is 1.55. The molecule has 0 radical (unpaired) electrons. The summed E-state index contributed by atoms with van der Waals surface area (Å²) in [4.78, 5) is 0.346. The number of anilines is 1. The van der Waals surface area contributed by atoms with Crippen LogP contribution in [0.3, 0.4) is 0 Å². The van der Waals surface area contributed by atoms with E-state index in [0.29, 0.717) is 21.7 Å². The zero-order valence-corrected chi connectivity index (χ0v) is 12.8. The van der Waals surface area contributed by atoms with Gasteiger partial charge in [-0.1, -0.05) is 13.8 Å². The third-order valence-corrected chi connectivity index (χ3v) is 5.03. The Balaban J connectivity index is 3.22. The standard InChI is InChI=1S/C13H23N3O2S/c1-5-11(6-2)16-19(17,18)13-9(3)7-12(15-14)8-10(13)4/h7-8,11,15-16H,5-6,14H2,1-4H3. The molecule has 5 nitrogen and oxygen atoms in total. The van der Waals surface area contributed by atoms with Crippen molar-refractivity contribution in [1.82, 2.24) is 4.72 Å². The Hall–Kier alpha value is -1.11. The summed E-state index contributed by atoms with van der Waals surface area (Å²) < 4.78 is 27.6. The molecular weight excluding hydrogens is 262 g/mol. The first-order chi connectivity index (χ1) is 8.85. The summed E-state index contributed by atoms with van der Waals surface area (Å²) in [6.45, 7) is 7.49. The van der Waals surface area contributed by atoms with Gasteiger partial charge in [-0.15, -0.1) is 0 Å². The molecule has 4 N–H and O–H groups in total. The maximum Gasteiger partial charge on any atom is 0.241 e. The van der Waals surface area contributed by atoms with Crippen LogP contribution in [0.4, 0.5) is 5.69 Å². The summed E-state index contributed by atoms with van der Waals surface area (Å²) in [5.41, 5.74) is 4.61. The van der Waals surface area contributed by atoms with Crippen molar-refractivity contribution in [2.45, 2.75) is 51.5 Å². The Kier molecular flexibility index (Phi) is 5.34. The molecule has 0 bridgehead atoms. The van der Waals surface area contributed by atoms with Gasteiger partial charge >= 0.3 is 0 Å². The number of rotatable bonds is 6. The molecule has 0 atom stereocenters. The highest BCUT2D eigenvalue weighted by molar-refractivity contribution is 7.89. The highest BCUT2D eigenvalue weighted by Gasteiger charge is 2.22. The van der Waals surface area contributed by atoms with Crippen LogP contribution in [0.15, 0.2) is 17.0 Å². The predicted molar refractivity (Wildman–Crippen MR) is 78.4 cm³/mol. The zero-order valence-electron chi connectivity index (χ0n) is 11.9. The van der Waals surface area contributed by atoms with E-state index in [4.69, 9.17) is 5.84 Å². The van der Waals surface area contributed by atoms with Gasteiger partial charge in [-0.2, -0.15) is 0 Å². The highest BCUT2D eigenvalue weighted by Crippen LogP contribution is 2.24. The first kappa shape index (κ1) is 15.9. The molecule has 6 heteroatoms. The Morgan fingerprint density at radius 3 is 2.00 bits per heavy atom. The van der Waals surface area contributed by atoms with E-state index in [9.17, 15) is 8.42 Å². The minimum absolute atomic E-state index is 0.0314. The van der Waals surface area contributed by atoms with Gasteiger partial charge in [0.1, 0.15) is 0 Å². The van der Waals surface area contributed by atoms with Gasteiger partial charge < -0.3 is 5.43 Å². The van der Waals surface area contributed by atoms with E-state index >= 15 is 0 Å². The van der Waals surface area contributed by atoms with E-state index in [0.717, 1.165) is 12.8 Å². The monoisotopic (exact) mass is 285 g/mol. The number of hydrogen-bond acceptors (Lipinski definition) is 4. The molecule has 1 aromatic carbocycles. The third-order valence-electron chi connectivity index (χ3n) is 3.20. The Morgan fingerprint density at radius 1 is 1.16 bits per heavy atom. The van der Waals surface area contributed by atoms with Gasteiger partial charge in [0, 0.05) is 11.7 Å². The van der Waals surface area contributed by atoms with Crippen LogP contribution in [0, 0.1) is 13.8 Å². The number of nitrogen functional groups attached to an aromatic ring is 1. The van der Waals surface area contributed by atoms with Crippen LogP contribution < -0.4 is 16.0 Å². The number of hydrazine groups is 1. The Labute approximate surface area is 115 Å². The summed E-state index contributed by atoms with van der Waals surface area (Å²) >= 11 is 0. The summed E-state index contributed by atoms with van der Waals surface area (Å²) in [7, 11) is -3.49. The molecule has 19 heavy (non-hydrogen) atoms. The number of nitrogens with two attached hydrogens (primary N) is 1. The normalized spacial score (nSPS) is 11.9. The number of nitrogens with one attached hydrogen (secondary N) is 2. The summed E-state index contributed by atoms with van der Waals surface area (Å²) in [6, 6.07) is 3.43. The van der Waals surface area contributed by atoms with Crippen molar-refractivity contribution >= 4 is 15.7 Å². The first-order valence-electron chi connectivity index (χ1n) is 6.45. The molecule has 0 heterocycles. The van der Waals surface area contributed by atoms with Crippen LogP contribution in [0.2, 0.25) is 0 Å². The summed E-state index contributed by atoms with van der Waals surface area (Å²) in [5.74, 6) is 5.36. The fourth-order valence-electron chi connectivity index (χ4n) is 2.19. The van der Waals surface area contributed by atoms with Crippen LogP contribution >= 0.6 is 0 Å². The minimum atomic E-state index is -3.49. The van der Waals surface area contributed by atoms with E-state index in [1.165, 1.54) is 0 Å². The topological polar surface area (TPSA) is 84.2 Å². The zero-order chi connectivity index (χ0) is 14.6. The van der Waals surface area contributed by atoms with Gasteiger partial charge in [-0.05, 0) is 49.9 Å². The first-order valence-corrected chi connectivity index (χ1v) is 7.94. The lowest BCUT2D eigenvalue weighted by atomic mass is 10.1. The van der Waals surface area contributed by atoms with Gasteiger partial charge in [0.25, 0.3) is 0 Å². The van der Waals surface area contributed by atoms with Gasteiger partial charge in [-0.25, -0.2) is 13.1 Å². The maximum atomic E-state index is 12.4. The van der Waals surface area contributed by atoms with Crippen molar-refractivity contribution in [3.8, 4) is 0 Å². The summed E-state index contributed by atoms with van der Waals surface area (Å²) in [5, 5.41) is 0. The second-order valence-corrected chi connectivity index (χ2v) is 6.37. The molecule has 1 aromatic rings. The van der Waals surface area contributed by atoms with Crippen molar-refractivity contribution in [3.05, 3.63) is 23.3 Å². The van der Waals surface area contributed by atoms with Crippen molar-refractivity contribution in [2.75, 3.05) is 5.43 Å². The molecule has 0 saturated heterocycles. The smallest absolute Gasteiger partial charge is 0.241 e. The predicted octanol–water partition coefficient (Wildman–Crippen LogP) is 2.06. The fourth-order valence-corrected chi connectivity index (χ4v) is 4.05. The SMILES string of the molecule is CCC(CC)NS(=O)(=O)c1c(C)cc(NN)cc1C. The lowest BCUT2D eigenvalue weighted by Gasteiger charge is -2.18. The van der Waals surface area contributed by atoms with Crippen molar-refractivity contribution in [2.24, 2.45) is 5.84 Å². The molecule has 0 aliphatic carbocycles.